The minimum atomic E-state index is -0.638. The van der Waals surface area contributed by atoms with Crippen LogP contribution in [0.1, 0.15) is 29.7 Å². The molecular formula is C21H17N3O4. The van der Waals surface area contributed by atoms with Gasteiger partial charge >= 0.3 is 5.69 Å². The molecule has 7 heteroatoms. The number of hydrogen-bond donors (Lipinski definition) is 2. The molecular weight excluding hydrogens is 358 g/mol. The molecule has 0 saturated heterocycles. The Morgan fingerprint density at radius 2 is 1.93 bits per heavy atom. The average molecular weight is 375 g/mol. The number of phenolic OH excluding ortho intramolecular Hbond substituents is 1. The van der Waals surface area contributed by atoms with Crippen LogP contribution in [0.15, 0.2) is 55.5 Å². The van der Waals surface area contributed by atoms with E-state index in [0.717, 1.165) is 47.1 Å². The summed E-state index contributed by atoms with van der Waals surface area (Å²) in [5.41, 5.74) is 1.49. The fraction of sp³-hybridized carbons (Fsp3) is 0.190. The smallest absolute Gasteiger partial charge is 0.349 e. The minimum absolute atomic E-state index is 0.0238. The first-order valence-electron chi connectivity index (χ1n) is 9.18. The van der Waals surface area contributed by atoms with Gasteiger partial charge in [-0.3, -0.25) is 4.79 Å². The zero-order chi connectivity index (χ0) is 19.3. The van der Waals surface area contributed by atoms with Gasteiger partial charge in [-0.1, -0.05) is 12.1 Å². The van der Waals surface area contributed by atoms with Crippen LogP contribution in [0, 0.1) is 0 Å². The molecule has 0 unspecified atom stereocenters. The van der Waals surface area contributed by atoms with Crippen molar-refractivity contribution in [1.29, 1.82) is 0 Å². The quantitative estimate of drug-likeness (QED) is 0.526. The molecule has 7 nitrogen and oxygen atoms in total. The summed E-state index contributed by atoms with van der Waals surface area (Å²) in [5, 5.41) is 15.7. The lowest BCUT2D eigenvalue weighted by molar-refractivity contribution is 0.474. The van der Waals surface area contributed by atoms with Gasteiger partial charge in [-0.25, -0.2) is 4.79 Å². The van der Waals surface area contributed by atoms with E-state index in [1.807, 2.05) is 0 Å². The predicted molar refractivity (Wildman–Crippen MR) is 106 cm³/mol. The maximum Gasteiger partial charge on any atom is 0.349 e. The van der Waals surface area contributed by atoms with Crippen molar-refractivity contribution in [2.75, 3.05) is 0 Å². The van der Waals surface area contributed by atoms with Crippen LogP contribution in [0.5, 0.6) is 5.75 Å². The van der Waals surface area contributed by atoms with E-state index in [4.69, 9.17) is 4.42 Å². The summed E-state index contributed by atoms with van der Waals surface area (Å²) in [6.07, 6.45) is 5.21. The van der Waals surface area contributed by atoms with Gasteiger partial charge in [0.2, 0.25) is 0 Å². The topological polar surface area (TPSA) is 101 Å². The monoisotopic (exact) mass is 375 g/mol. The third kappa shape index (κ3) is 2.47. The highest BCUT2D eigenvalue weighted by Crippen LogP contribution is 2.36. The SMILES string of the molecule is O=c1[nH]c2ccccc2c(=O)n1N=Cc1c(O)ccc2oc3c(c12)CCCC3. The second kappa shape index (κ2) is 6.23. The summed E-state index contributed by atoms with van der Waals surface area (Å²) in [6.45, 7) is 0. The molecule has 0 atom stereocenters. The molecule has 1 aliphatic rings. The Kier molecular flexibility index (Phi) is 3.68. The highest BCUT2D eigenvalue weighted by atomic mass is 16.3. The van der Waals surface area contributed by atoms with Crippen molar-refractivity contribution in [3.05, 3.63) is 74.1 Å². The number of hydrogen-bond acceptors (Lipinski definition) is 5. The molecule has 2 heterocycles. The zero-order valence-electron chi connectivity index (χ0n) is 14.9. The molecule has 0 spiro atoms. The van der Waals surface area contributed by atoms with Crippen LogP contribution in [-0.4, -0.2) is 21.0 Å². The molecule has 0 fully saturated rings. The molecule has 140 valence electrons. The first kappa shape index (κ1) is 16.6. The van der Waals surface area contributed by atoms with E-state index >= 15 is 0 Å². The van der Waals surface area contributed by atoms with E-state index in [0.29, 0.717) is 22.0 Å². The molecule has 2 aromatic carbocycles. The highest BCUT2D eigenvalue weighted by molar-refractivity contribution is 6.03. The number of aryl methyl sites for hydroxylation is 2. The van der Waals surface area contributed by atoms with E-state index in [2.05, 4.69) is 10.1 Å². The molecule has 5 rings (SSSR count). The van der Waals surface area contributed by atoms with E-state index < -0.39 is 11.2 Å². The third-order valence-corrected chi connectivity index (χ3v) is 5.22. The van der Waals surface area contributed by atoms with Crippen LogP contribution in [0.25, 0.3) is 21.9 Å². The molecule has 2 aromatic heterocycles. The molecule has 0 bridgehead atoms. The van der Waals surface area contributed by atoms with Gasteiger partial charge in [-0.2, -0.15) is 5.10 Å². The molecule has 1 aliphatic carbocycles. The maximum atomic E-state index is 12.6. The average Bonchev–Trinajstić information content (AvgIpc) is 3.08. The molecule has 28 heavy (non-hydrogen) atoms. The molecule has 0 amide bonds. The van der Waals surface area contributed by atoms with Gasteiger partial charge < -0.3 is 14.5 Å². The van der Waals surface area contributed by atoms with Crippen molar-refractivity contribution in [1.82, 2.24) is 9.66 Å². The lowest BCUT2D eigenvalue weighted by Crippen LogP contribution is -2.32. The molecule has 2 N–H and O–H groups in total. The Hall–Kier alpha value is -3.61. The number of rotatable bonds is 2. The van der Waals surface area contributed by atoms with E-state index in [1.54, 1.807) is 30.3 Å². The van der Waals surface area contributed by atoms with Gasteiger partial charge in [-0.05, 0) is 43.5 Å². The highest BCUT2D eigenvalue weighted by Gasteiger charge is 2.21. The number of para-hydroxylation sites is 1. The maximum absolute atomic E-state index is 12.6. The number of H-pyrrole nitrogens is 1. The predicted octanol–water partition coefficient (Wildman–Crippen LogP) is 2.90. The number of phenols is 1. The van der Waals surface area contributed by atoms with Crippen molar-refractivity contribution < 1.29 is 9.52 Å². The second-order valence-corrected chi connectivity index (χ2v) is 6.92. The van der Waals surface area contributed by atoms with Crippen molar-refractivity contribution in [3.8, 4) is 5.75 Å². The number of nitrogens with one attached hydrogen (secondary N) is 1. The van der Waals surface area contributed by atoms with Gasteiger partial charge in [0.1, 0.15) is 17.1 Å². The molecule has 4 aromatic rings. The van der Waals surface area contributed by atoms with E-state index in [9.17, 15) is 14.7 Å². The number of aromatic nitrogens is 2. The fourth-order valence-electron chi connectivity index (χ4n) is 3.88. The fourth-order valence-corrected chi connectivity index (χ4v) is 3.88. The summed E-state index contributed by atoms with van der Waals surface area (Å²) in [7, 11) is 0. The Bertz CT molecular complexity index is 1370. The number of fused-ring (bicyclic) bond motifs is 4. The largest absolute Gasteiger partial charge is 0.507 e. The number of benzene rings is 2. The summed E-state index contributed by atoms with van der Waals surface area (Å²) in [6, 6.07) is 10.0. The second-order valence-electron chi connectivity index (χ2n) is 6.92. The first-order valence-corrected chi connectivity index (χ1v) is 9.18. The van der Waals surface area contributed by atoms with Crippen LogP contribution < -0.4 is 11.2 Å². The first-order chi connectivity index (χ1) is 13.6. The van der Waals surface area contributed by atoms with Crippen molar-refractivity contribution in [2.45, 2.75) is 25.7 Å². The number of nitrogens with zero attached hydrogens (tertiary/aromatic N) is 2. The molecule has 0 radical (unpaired) electrons. The Morgan fingerprint density at radius 1 is 1.11 bits per heavy atom. The van der Waals surface area contributed by atoms with Crippen molar-refractivity contribution >= 4 is 28.1 Å². The normalized spacial score (nSPS) is 14.1. The summed E-state index contributed by atoms with van der Waals surface area (Å²) >= 11 is 0. The Labute approximate surface area is 158 Å². The van der Waals surface area contributed by atoms with E-state index in [-0.39, 0.29) is 5.75 Å². The summed E-state index contributed by atoms with van der Waals surface area (Å²) < 4.78 is 6.71. The van der Waals surface area contributed by atoms with Gasteiger partial charge in [0.05, 0.1) is 17.1 Å². The summed E-state index contributed by atoms with van der Waals surface area (Å²) in [5.74, 6) is 0.956. The van der Waals surface area contributed by atoms with Crippen LogP contribution >= 0.6 is 0 Å². The Balaban J connectivity index is 1.71. The number of furan rings is 1. The van der Waals surface area contributed by atoms with Crippen LogP contribution in [0.2, 0.25) is 0 Å². The minimum Gasteiger partial charge on any atom is -0.507 e. The van der Waals surface area contributed by atoms with Gasteiger partial charge in [0.15, 0.2) is 0 Å². The lowest BCUT2D eigenvalue weighted by Gasteiger charge is -2.09. The Morgan fingerprint density at radius 3 is 2.82 bits per heavy atom. The standard InChI is InChI=1S/C21H17N3O4/c25-16-9-10-18-19(13-6-2-4-8-17(13)28-18)14(16)11-22-24-20(26)12-5-1-3-7-15(12)23-21(24)27/h1,3,5,7,9-11,25H,2,4,6,8H2,(H,23,27). The van der Waals surface area contributed by atoms with Crippen molar-refractivity contribution in [2.24, 2.45) is 5.10 Å². The van der Waals surface area contributed by atoms with Gasteiger partial charge in [0.25, 0.3) is 5.56 Å². The van der Waals surface area contributed by atoms with Gasteiger partial charge in [-0.15, -0.1) is 4.68 Å². The lowest BCUT2D eigenvalue weighted by atomic mass is 9.94. The third-order valence-electron chi connectivity index (χ3n) is 5.22. The van der Waals surface area contributed by atoms with Crippen LogP contribution in [0.4, 0.5) is 0 Å². The zero-order valence-corrected chi connectivity index (χ0v) is 14.9. The number of aromatic amines is 1. The van der Waals surface area contributed by atoms with Crippen LogP contribution in [0.3, 0.4) is 0 Å². The van der Waals surface area contributed by atoms with Gasteiger partial charge in [0, 0.05) is 22.9 Å². The van der Waals surface area contributed by atoms with E-state index in [1.165, 1.54) is 12.3 Å². The number of aromatic hydroxyl groups is 1. The molecule has 0 aliphatic heterocycles. The van der Waals surface area contributed by atoms with Crippen molar-refractivity contribution in [3.63, 3.8) is 0 Å². The summed E-state index contributed by atoms with van der Waals surface area (Å²) in [4.78, 5) is 27.6. The van der Waals surface area contributed by atoms with Crippen LogP contribution in [-0.2, 0) is 12.8 Å². The molecule has 0 saturated carbocycles.